The average molecular weight is 1140 g/mol. The number of hydrogen-bond acceptors (Lipinski definition) is 6. The van der Waals surface area contributed by atoms with Crippen LogP contribution < -0.4 is 0 Å². The highest BCUT2D eigenvalue weighted by Crippen LogP contribution is 2.17. The molecule has 472 valence electrons. The Hall–Kier alpha value is -3.67. The first-order valence-electron chi connectivity index (χ1n) is 35.2. The fourth-order valence-electron chi connectivity index (χ4n) is 10.0. The molecule has 0 heterocycles. The summed E-state index contributed by atoms with van der Waals surface area (Å²) in [5, 5.41) is 0. The molecule has 1 unspecified atom stereocenters. The van der Waals surface area contributed by atoms with Crippen molar-refractivity contribution >= 4 is 17.9 Å². The van der Waals surface area contributed by atoms with E-state index in [0.29, 0.717) is 19.3 Å². The Morgan fingerprint density at radius 3 is 0.756 bits per heavy atom. The van der Waals surface area contributed by atoms with Gasteiger partial charge >= 0.3 is 17.9 Å². The number of unbranched alkanes of at least 4 members (excludes halogenated alkanes) is 37. The molecule has 0 aromatic rings. The maximum absolute atomic E-state index is 13.0. The van der Waals surface area contributed by atoms with Crippen molar-refractivity contribution in [2.24, 2.45) is 0 Å². The molecular formula is C76H132O6. The molecule has 82 heavy (non-hydrogen) atoms. The van der Waals surface area contributed by atoms with Gasteiger partial charge in [-0.05, 0) is 122 Å². The van der Waals surface area contributed by atoms with Crippen molar-refractivity contribution in [1.82, 2.24) is 0 Å². The van der Waals surface area contributed by atoms with Gasteiger partial charge in [0.15, 0.2) is 6.10 Å². The van der Waals surface area contributed by atoms with Crippen LogP contribution in [0.15, 0.2) is 97.2 Å². The Bertz CT molecular complexity index is 1590. The number of allylic oxidation sites excluding steroid dienone is 16. The minimum absolute atomic E-state index is 0.0859. The zero-order chi connectivity index (χ0) is 59.2. The van der Waals surface area contributed by atoms with Crippen LogP contribution in [0.3, 0.4) is 0 Å². The molecule has 0 bridgehead atoms. The summed E-state index contributed by atoms with van der Waals surface area (Å²) in [6, 6.07) is 0. The van der Waals surface area contributed by atoms with Crippen molar-refractivity contribution in [2.45, 2.75) is 354 Å². The van der Waals surface area contributed by atoms with Crippen molar-refractivity contribution in [3.8, 4) is 0 Å². The maximum atomic E-state index is 13.0. The van der Waals surface area contributed by atoms with E-state index < -0.39 is 6.10 Å². The van der Waals surface area contributed by atoms with Crippen LogP contribution in [0.5, 0.6) is 0 Å². The normalized spacial score (nSPS) is 12.7. The number of carbonyl (C=O) groups is 3. The van der Waals surface area contributed by atoms with E-state index in [1.165, 1.54) is 193 Å². The molecule has 0 N–H and O–H groups in total. The summed E-state index contributed by atoms with van der Waals surface area (Å²) < 4.78 is 17.0. The van der Waals surface area contributed by atoms with E-state index in [-0.39, 0.29) is 31.1 Å². The van der Waals surface area contributed by atoms with E-state index in [4.69, 9.17) is 14.2 Å². The smallest absolute Gasteiger partial charge is 0.306 e. The van der Waals surface area contributed by atoms with E-state index in [2.05, 4.69) is 118 Å². The summed E-state index contributed by atoms with van der Waals surface area (Å²) in [6.45, 7) is 6.54. The summed E-state index contributed by atoms with van der Waals surface area (Å²) >= 11 is 0. The van der Waals surface area contributed by atoms with Crippen LogP contribution in [0, 0.1) is 0 Å². The van der Waals surface area contributed by atoms with Crippen molar-refractivity contribution in [2.75, 3.05) is 13.2 Å². The molecule has 6 nitrogen and oxygen atoms in total. The van der Waals surface area contributed by atoms with E-state index in [0.717, 1.165) is 116 Å². The highest BCUT2D eigenvalue weighted by atomic mass is 16.6. The van der Waals surface area contributed by atoms with Crippen molar-refractivity contribution in [3.05, 3.63) is 97.2 Å². The van der Waals surface area contributed by atoms with Gasteiger partial charge in [-0.1, -0.05) is 304 Å². The third-order valence-electron chi connectivity index (χ3n) is 15.3. The lowest BCUT2D eigenvalue weighted by atomic mass is 10.0. The Morgan fingerprint density at radius 2 is 0.476 bits per heavy atom. The number of carbonyl (C=O) groups excluding carboxylic acids is 3. The fourth-order valence-corrected chi connectivity index (χ4v) is 10.0. The first kappa shape index (κ1) is 78.3. The Morgan fingerprint density at radius 1 is 0.256 bits per heavy atom. The molecular weight excluding hydrogens is 1010 g/mol. The lowest BCUT2D eigenvalue weighted by molar-refractivity contribution is -0.167. The van der Waals surface area contributed by atoms with Gasteiger partial charge in [-0.15, -0.1) is 0 Å². The molecule has 6 heteroatoms. The molecule has 0 aliphatic carbocycles. The third-order valence-corrected chi connectivity index (χ3v) is 15.3. The predicted octanol–water partition coefficient (Wildman–Crippen LogP) is 24.4. The molecule has 0 aromatic heterocycles. The standard InChI is InChI=1S/C76H132O6/c1-4-7-10-13-16-19-22-25-28-31-34-36-37-38-39-41-42-45-48-51-54-57-60-63-66-69-75(78)81-72-73(71-80-74(77)68-65-62-59-56-53-50-47-44-33-30-27-24-21-18-15-12-9-6-3)82-76(79)70-67-64-61-58-55-52-49-46-43-40-35-32-29-26-23-20-17-14-11-8-5-2/h8,11,17,20,22,25-26,29-31,33-35,40,46,49,73H,4-7,9-10,12-16,18-19,21,23-24,27-28,32,36-39,41-45,47-48,50-72H2,1-3H3/b11-8-,20-17-,25-22-,29-26-,33-30-,34-31-,40-35-,49-46-. The summed E-state index contributed by atoms with van der Waals surface area (Å²) in [4.78, 5) is 38.5. The van der Waals surface area contributed by atoms with Crippen LogP contribution in [-0.4, -0.2) is 37.2 Å². The van der Waals surface area contributed by atoms with Crippen LogP contribution in [0.2, 0.25) is 0 Å². The lowest BCUT2D eigenvalue weighted by Crippen LogP contribution is -2.30. The summed E-state index contributed by atoms with van der Waals surface area (Å²) in [5.74, 6) is -0.894. The minimum Gasteiger partial charge on any atom is -0.462 e. The SMILES string of the molecule is CC/C=C\C/C=C\C/C=C\C/C=C\C/C=C\CCCCCCCC(=O)OC(COC(=O)CCCCCCCCC/C=C\CCCCCCCCC)COC(=O)CCCCCCCCCCCCCCC/C=C\C/C=C\CCCCCCC. The fraction of sp³-hybridized carbons (Fsp3) is 0.750. The predicted molar refractivity (Wildman–Crippen MR) is 357 cm³/mol. The van der Waals surface area contributed by atoms with Gasteiger partial charge in [0.2, 0.25) is 0 Å². The second-order valence-electron chi connectivity index (χ2n) is 23.4. The van der Waals surface area contributed by atoms with Gasteiger partial charge in [0.05, 0.1) is 0 Å². The Labute approximate surface area is 508 Å². The quantitative estimate of drug-likeness (QED) is 0.0261. The molecule has 0 spiro atoms. The van der Waals surface area contributed by atoms with Crippen LogP contribution in [-0.2, 0) is 28.6 Å². The summed E-state index contributed by atoms with van der Waals surface area (Å²) in [6.07, 6.45) is 94.2. The van der Waals surface area contributed by atoms with Gasteiger partial charge in [0, 0.05) is 19.3 Å². The zero-order valence-corrected chi connectivity index (χ0v) is 54.2. The van der Waals surface area contributed by atoms with Crippen LogP contribution >= 0.6 is 0 Å². The highest BCUT2D eigenvalue weighted by Gasteiger charge is 2.19. The van der Waals surface area contributed by atoms with Crippen molar-refractivity contribution in [1.29, 1.82) is 0 Å². The third kappa shape index (κ3) is 67.1. The molecule has 0 aromatic carbocycles. The Kier molecular flexibility index (Phi) is 66.7. The van der Waals surface area contributed by atoms with Crippen LogP contribution in [0.25, 0.3) is 0 Å². The number of ether oxygens (including phenoxy) is 3. The van der Waals surface area contributed by atoms with Crippen molar-refractivity contribution < 1.29 is 28.6 Å². The largest absolute Gasteiger partial charge is 0.462 e. The van der Waals surface area contributed by atoms with E-state index in [9.17, 15) is 14.4 Å². The highest BCUT2D eigenvalue weighted by molar-refractivity contribution is 5.71. The molecule has 0 rings (SSSR count). The van der Waals surface area contributed by atoms with Crippen molar-refractivity contribution in [3.63, 3.8) is 0 Å². The molecule has 1 atom stereocenters. The summed E-state index contributed by atoms with van der Waals surface area (Å²) in [7, 11) is 0. The number of rotatable bonds is 64. The van der Waals surface area contributed by atoms with Crippen LogP contribution in [0.1, 0.15) is 348 Å². The molecule has 0 fully saturated rings. The van der Waals surface area contributed by atoms with Gasteiger partial charge in [0.25, 0.3) is 0 Å². The first-order chi connectivity index (χ1) is 40.5. The first-order valence-corrected chi connectivity index (χ1v) is 35.2. The molecule has 0 saturated heterocycles. The Balaban J connectivity index is 4.39. The maximum Gasteiger partial charge on any atom is 0.306 e. The van der Waals surface area contributed by atoms with Gasteiger partial charge in [-0.25, -0.2) is 0 Å². The second kappa shape index (κ2) is 69.8. The monoisotopic (exact) mass is 1140 g/mol. The molecule has 0 amide bonds. The van der Waals surface area contributed by atoms with E-state index in [1.807, 2.05) is 0 Å². The minimum atomic E-state index is -0.793. The van der Waals surface area contributed by atoms with Gasteiger partial charge < -0.3 is 14.2 Å². The van der Waals surface area contributed by atoms with Crippen LogP contribution in [0.4, 0.5) is 0 Å². The molecule has 0 aliphatic heterocycles. The topological polar surface area (TPSA) is 78.9 Å². The second-order valence-corrected chi connectivity index (χ2v) is 23.4. The van der Waals surface area contributed by atoms with Gasteiger partial charge in [-0.2, -0.15) is 0 Å². The summed E-state index contributed by atoms with van der Waals surface area (Å²) in [5.41, 5.74) is 0. The average Bonchev–Trinajstić information content (AvgIpc) is 3.47. The molecule has 0 radical (unpaired) electrons. The van der Waals surface area contributed by atoms with Gasteiger partial charge in [-0.3, -0.25) is 14.4 Å². The number of esters is 3. The number of hydrogen-bond donors (Lipinski definition) is 0. The molecule has 0 aliphatic rings. The van der Waals surface area contributed by atoms with E-state index >= 15 is 0 Å². The lowest BCUT2D eigenvalue weighted by Gasteiger charge is -2.18. The zero-order valence-electron chi connectivity index (χ0n) is 54.2. The van der Waals surface area contributed by atoms with Gasteiger partial charge in [0.1, 0.15) is 13.2 Å². The van der Waals surface area contributed by atoms with E-state index in [1.54, 1.807) is 0 Å². The molecule has 0 saturated carbocycles.